The van der Waals surface area contributed by atoms with Gasteiger partial charge >= 0.3 is 12.0 Å². The number of hydrogen-bond acceptors (Lipinski definition) is 5. The van der Waals surface area contributed by atoms with Crippen molar-refractivity contribution in [3.05, 3.63) is 74.9 Å². The highest BCUT2D eigenvalue weighted by atomic mass is 35.5. The fourth-order valence-corrected chi connectivity index (χ4v) is 4.39. The summed E-state index contributed by atoms with van der Waals surface area (Å²) in [5.41, 5.74) is 9.06. The van der Waals surface area contributed by atoms with Crippen LogP contribution in [0.4, 0.5) is 4.79 Å². The van der Waals surface area contributed by atoms with Crippen LogP contribution in [-0.4, -0.2) is 29.0 Å². The highest BCUT2D eigenvalue weighted by molar-refractivity contribution is 6.43. The number of aromatic nitrogens is 1. The molecular formula is C25H21Cl2N3O4. The lowest BCUT2D eigenvalue weighted by atomic mass is 9.86. The van der Waals surface area contributed by atoms with Crippen LogP contribution in [0.25, 0.3) is 22.6 Å². The Morgan fingerprint density at radius 2 is 1.88 bits per heavy atom. The molecule has 34 heavy (non-hydrogen) atoms. The summed E-state index contributed by atoms with van der Waals surface area (Å²) in [6, 6.07) is 11.6. The first-order valence-electron chi connectivity index (χ1n) is 10.6. The Morgan fingerprint density at radius 3 is 2.65 bits per heavy atom. The zero-order chi connectivity index (χ0) is 24.4. The number of urea groups is 1. The van der Waals surface area contributed by atoms with Crippen molar-refractivity contribution in [2.75, 3.05) is 0 Å². The van der Waals surface area contributed by atoms with Crippen LogP contribution in [0.2, 0.25) is 10.0 Å². The van der Waals surface area contributed by atoms with Gasteiger partial charge in [0.1, 0.15) is 0 Å². The van der Waals surface area contributed by atoms with Crippen molar-refractivity contribution < 1.29 is 19.1 Å². The number of nitrogens with zero attached hydrogens (tertiary/aromatic N) is 1. The molecule has 3 aromatic rings. The van der Waals surface area contributed by atoms with Crippen molar-refractivity contribution >= 4 is 63.7 Å². The molecule has 1 atom stereocenters. The van der Waals surface area contributed by atoms with Gasteiger partial charge in [-0.3, -0.25) is 10.1 Å². The molecule has 0 saturated carbocycles. The summed E-state index contributed by atoms with van der Waals surface area (Å²) >= 11 is 12.6. The standard InChI is InChI=1S/C25H21Cl2N3O4/c1-13(23(31)30-25(28)33)34-24(32)20-16-8-2-3-11-19(16)29-22-15(7-4-9-17(20)22)12-14-6-5-10-18(26)21(14)27/h2-3,5-6,8,10-13H,4,7,9H2,1H3,(H3,28,30,31,33)/b15-12+/t13-/m0/s1. The lowest BCUT2D eigenvalue weighted by molar-refractivity contribution is -0.127. The average molecular weight is 498 g/mol. The second-order valence-corrected chi connectivity index (χ2v) is 8.68. The number of para-hydroxylation sites is 1. The van der Waals surface area contributed by atoms with E-state index in [9.17, 15) is 14.4 Å². The Labute approximate surface area is 205 Å². The van der Waals surface area contributed by atoms with Crippen LogP contribution in [-0.2, 0) is 16.0 Å². The van der Waals surface area contributed by atoms with Gasteiger partial charge in [0.15, 0.2) is 6.10 Å². The molecule has 0 unspecified atom stereocenters. The zero-order valence-electron chi connectivity index (χ0n) is 18.2. The molecule has 1 heterocycles. The summed E-state index contributed by atoms with van der Waals surface area (Å²) < 4.78 is 5.42. The van der Waals surface area contributed by atoms with Crippen LogP contribution in [0.1, 0.15) is 46.9 Å². The fraction of sp³-hybridized carbons (Fsp3) is 0.200. The number of imide groups is 1. The van der Waals surface area contributed by atoms with E-state index in [1.165, 1.54) is 6.92 Å². The molecule has 4 rings (SSSR count). The third-order valence-electron chi connectivity index (χ3n) is 5.59. The number of carbonyl (C=O) groups is 3. The number of pyridine rings is 1. The average Bonchev–Trinajstić information content (AvgIpc) is 2.80. The van der Waals surface area contributed by atoms with Crippen LogP contribution in [0.15, 0.2) is 42.5 Å². The predicted octanol–water partition coefficient (Wildman–Crippen LogP) is 5.16. The Morgan fingerprint density at radius 1 is 1.12 bits per heavy atom. The first-order chi connectivity index (χ1) is 16.3. The van der Waals surface area contributed by atoms with Gasteiger partial charge in [-0.1, -0.05) is 53.5 Å². The molecule has 3 N–H and O–H groups in total. The molecule has 1 aromatic heterocycles. The number of hydrogen-bond donors (Lipinski definition) is 2. The van der Waals surface area contributed by atoms with E-state index >= 15 is 0 Å². The molecular weight excluding hydrogens is 477 g/mol. The van der Waals surface area contributed by atoms with Gasteiger partial charge in [0.2, 0.25) is 0 Å². The third kappa shape index (κ3) is 4.76. The van der Waals surface area contributed by atoms with E-state index in [-0.39, 0.29) is 0 Å². The van der Waals surface area contributed by atoms with Crippen LogP contribution in [0.5, 0.6) is 0 Å². The van der Waals surface area contributed by atoms with Crippen molar-refractivity contribution in [1.29, 1.82) is 0 Å². The second kappa shape index (κ2) is 9.83. The summed E-state index contributed by atoms with van der Waals surface area (Å²) in [6.07, 6.45) is 2.86. The van der Waals surface area contributed by atoms with Gasteiger partial charge in [-0.2, -0.15) is 0 Å². The summed E-state index contributed by atoms with van der Waals surface area (Å²) in [5.74, 6) is -1.48. The fourth-order valence-electron chi connectivity index (χ4n) is 4.02. The number of carbonyl (C=O) groups excluding carboxylic acids is 3. The number of amides is 3. The SMILES string of the molecule is C[C@H](OC(=O)c1c2c(nc3ccccc13)/C(=C/c1cccc(Cl)c1Cl)CCC2)C(=O)NC(N)=O. The molecule has 0 bridgehead atoms. The first-order valence-corrected chi connectivity index (χ1v) is 11.4. The minimum absolute atomic E-state index is 0.349. The van der Waals surface area contributed by atoms with Gasteiger partial charge in [0.05, 0.1) is 26.8 Å². The molecule has 0 saturated heterocycles. The minimum Gasteiger partial charge on any atom is -0.449 e. The van der Waals surface area contributed by atoms with Gasteiger partial charge in [-0.05, 0) is 61.1 Å². The van der Waals surface area contributed by atoms with E-state index in [4.69, 9.17) is 38.7 Å². The molecule has 7 nitrogen and oxygen atoms in total. The number of benzene rings is 2. The number of ether oxygens (including phenoxy) is 1. The smallest absolute Gasteiger partial charge is 0.339 e. The predicted molar refractivity (Wildman–Crippen MR) is 132 cm³/mol. The normalized spacial score (nSPS) is 15.0. The number of allylic oxidation sites excluding steroid dienone is 1. The second-order valence-electron chi connectivity index (χ2n) is 7.90. The maximum atomic E-state index is 13.3. The van der Waals surface area contributed by atoms with Crippen molar-refractivity contribution in [2.24, 2.45) is 5.73 Å². The number of halogens is 2. The zero-order valence-corrected chi connectivity index (χ0v) is 19.7. The molecule has 0 spiro atoms. The van der Waals surface area contributed by atoms with Gasteiger partial charge < -0.3 is 10.5 Å². The molecule has 1 aliphatic rings. The number of rotatable bonds is 4. The molecule has 1 aliphatic carbocycles. The Kier molecular flexibility index (Phi) is 6.86. The third-order valence-corrected chi connectivity index (χ3v) is 6.42. The Balaban J connectivity index is 1.82. The van der Waals surface area contributed by atoms with E-state index in [0.717, 1.165) is 29.5 Å². The Hall–Kier alpha value is -3.42. The molecule has 0 aliphatic heterocycles. The molecule has 0 fully saturated rings. The monoisotopic (exact) mass is 497 g/mol. The molecule has 0 radical (unpaired) electrons. The maximum Gasteiger partial charge on any atom is 0.339 e. The summed E-state index contributed by atoms with van der Waals surface area (Å²) in [4.78, 5) is 41.2. The number of primary amides is 1. The lowest BCUT2D eigenvalue weighted by Crippen LogP contribution is -2.42. The van der Waals surface area contributed by atoms with E-state index in [0.29, 0.717) is 38.6 Å². The minimum atomic E-state index is -1.22. The van der Waals surface area contributed by atoms with E-state index in [2.05, 4.69) is 0 Å². The maximum absolute atomic E-state index is 13.3. The van der Waals surface area contributed by atoms with E-state index in [1.54, 1.807) is 12.1 Å². The van der Waals surface area contributed by atoms with Crippen LogP contribution < -0.4 is 11.1 Å². The van der Waals surface area contributed by atoms with E-state index in [1.807, 2.05) is 41.7 Å². The van der Waals surface area contributed by atoms with Gasteiger partial charge in [0, 0.05) is 5.39 Å². The van der Waals surface area contributed by atoms with Crippen LogP contribution >= 0.6 is 23.2 Å². The first kappa shape index (κ1) is 23.7. The van der Waals surface area contributed by atoms with Gasteiger partial charge in [0.25, 0.3) is 5.91 Å². The highest BCUT2D eigenvalue weighted by Gasteiger charge is 2.28. The number of esters is 1. The summed E-state index contributed by atoms with van der Waals surface area (Å²) in [5, 5.41) is 3.44. The topological polar surface area (TPSA) is 111 Å². The van der Waals surface area contributed by atoms with Crippen molar-refractivity contribution in [3.63, 3.8) is 0 Å². The van der Waals surface area contributed by atoms with Gasteiger partial charge in [-0.15, -0.1) is 0 Å². The summed E-state index contributed by atoms with van der Waals surface area (Å²) in [7, 11) is 0. The molecule has 9 heteroatoms. The highest BCUT2D eigenvalue weighted by Crippen LogP contribution is 2.38. The molecule has 2 aromatic carbocycles. The largest absolute Gasteiger partial charge is 0.449 e. The van der Waals surface area contributed by atoms with Crippen molar-refractivity contribution in [2.45, 2.75) is 32.3 Å². The number of nitrogens with one attached hydrogen (secondary N) is 1. The Bertz CT molecular complexity index is 1350. The number of fused-ring (bicyclic) bond motifs is 2. The van der Waals surface area contributed by atoms with E-state index < -0.39 is 24.0 Å². The molecule has 174 valence electrons. The summed E-state index contributed by atoms with van der Waals surface area (Å²) in [6.45, 7) is 1.37. The van der Waals surface area contributed by atoms with Crippen LogP contribution in [0.3, 0.4) is 0 Å². The van der Waals surface area contributed by atoms with Crippen molar-refractivity contribution in [1.82, 2.24) is 10.3 Å². The van der Waals surface area contributed by atoms with Gasteiger partial charge in [-0.25, -0.2) is 14.6 Å². The molecule has 3 amide bonds. The number of nitrogens with two attached hydrogens (primary N) is 1. The van der Waals surface area contributed by atoms with Crippen molar-refractivity contribution in [3.8, 4) is 0 Å². The lowest BCUT2D eigenvalue weighted by Gasteiger charge is -2.23. The van der Waals surface area contributed by atoms with Crippen LogP contribution in [0, 0.1) is 0 Å². The quantitative estimate of drug-likeness (QED) is 0.483.